The zero-order valence-corrected chi connectivity index (χ0v) is 15.1. The highest BCUT2D eigenvalue weighted by atomic mass is 32.2. The Balaban J connectivity index is 1.93. The number of hydrogen-bond acceptors (Lipinski definition) is 4. The zero-order valence-electron chi connectivity index (χ0n) is 14.3. The van der Waals surface area contributed by atoms with Crippen molar-refractivity contribution in [3.05, 3.63) is 53.3 Å². The lowest BCUT2D eigenvalue weighted by molar-refractivity contribution is -0.139. The van der Waals surface area contributed by atoms with Crippen LogP contribution in [0.5, 0.6) is 11.5 Å². The quantitative estimate of drug-likeness (QED) is 0.530. The van der Waals surface area contributed by atoms with Gasteiger partial charge in [0.1, 0.15) is 17.3 Å². The van der Waals surface area contributed by atoms with Crippen molar-refractivity contribution in [1.82, 2.24) is 0 Å². The van der Waals surface area contributed by atoms with E-state index in [-0.39, 0.29) is 12.4 Å². The van der Waals surface area contributed by atoms with Crippen LogP contribution in [0, 0.1) is 12.7 Å². The lowest BCUT2D eigenvalue weighted by Crippen LogP contribution is -2.10. The molecule has 0 unspecified atom stereocenters. The molecule has 0 aliphatic heterocycles. The van der Waals surface area contributed by atoms with Crippen molar-refractivity contribution in [3.63, 3.8) is 0 Å². The number of carboxylic acid groups (broad SMARTS) is 1. The number of aryl methyl sites for hydroxylation is 2. The molecule has 0 atom stereocenters. The fourth-order valence-electron chi connectivity index (χ4n) is 2.32. The number of rotatable bonds is 9. The Bertz CT molecular complexity index is 716. The highest BCUT2D eigenvalue weighted by Crippen LogP contribution is 2.35. The maximum atomic E-state index is 12.9. The smallest absolute Gasteiger partial charge is 0.341 e. The summed E-state index contributed by atoms with van der Waals surface area (Å²) in [6.45, 7) is 1.49. The summed E-state index contributed by atoms with van der Waals surface area (Å²) < 4.78 is 23.5. The molecule has 0 saturated heterocycles. The third-order valence-corrected chi connectivity index (χ3v) is 4.72. The van der Waals surface area contributed by atoms with E-state index in [4.69, 9.17) is 14.6 Å². The van der Waals surface area contributed by atoms with Crippen LogP contribution in [0.4, 0.5) is 4.39 Å². The Kier molecular flexibility index (Phi) is 7.13. The van der Waals surface area contributed by atoms with Crippen LogP contribution in [0.2, 0.25) is 0 Å². The van der Waals surface area contributed by atoms with E-state index < -0.39 is 5.97 Å². The zero-order chi connectivity index (χ0) is 18.2. The number of halogens is 1. The molecule has 6 heteroatoms. The van der Waals surface area contributed by atoms with Gasteiger partial charge in [0.2, 0.25) is 0 Å². The van der Waals surface area contributed by atoms with E-state index in [9.17, 15) is 9.18 Å². The molecular formula is C19H21FO4S. The summed E-state index contributed by atoms with van der Waals surface area (Å²) in [6, 6.07) is 10.2. The van der Waals surface area contributed by atoms with Gasteiger partial charge >= 0.3 is 5.97 Å². The first-order valence-electron chi connectivity index (χ1n) is 7.90. The van der Waals surface area contributed by atoms with Gasteiger partial charge in [-0.25, -0.2) is 9.18 Å². The number of hydrogen-bond donors (Lipinski definition) is 1. The van der Waals surface area contributed by atoms with E-state index in [2.05, 4.69) is 0 Å². The third kappa shape index (κ3) is 5.98. The second-order valence-corrected chi connectivity index (χ2v) is 6.67. The minimum atomic E-state index is -1.02. The third-order valence-electron chi connectivity index (χ3n) is 3.59. The summed E-state index contributed by atoms with van der Waals surface area (Å²) >= 11 is 1.67. The normalized spacial score (nSPS) is 10.5. The molecule has 0 aliphatic rings. The Morgan fingerprint density at radius 2 is 1.92 bits per heavy atom. The van der Waals surface area contributed by atoms with E-state index in [0.717, 1.165) is 34.6 Å². The molecule has 0 spiro atoms. The lowest BCUT2D eigenvalue weighted by Gasteiger charge is -2.13. The molecular weight excluding hydrogens is 343 g/mol. The molecule has 0 radical (unpaired) electrons. The van der Waals surface area contributed by atoms with E-state index in [0.29, 0.717) is 11.5 Å². The molecule has 0 saturated carbocycles. The van der Waals surface area contributed by atoms with Crippen LogP contribution >= 0.6 is 11.8 Å². The molecule has 0 aliphatic carbocycles. The average Bonchev–Trinajstić information content (AvgIpc) is 2.59. The number of carbonyl (C=O) groups is 1. The van der Waals surface area contributed by atoms with Crippen molar-refractivity contribution >= 4 is 17.7 Å². The predicted molar refractivity (Wildman–Crippen MR) is 96.3 cm³/mol. The number of carboxylic acids is 1. The van der Waals surface area contributed by atoms with E-state index in [1.807, 2.05) is 13.0 Å². The minimum absolute atomic E-state index is 0.219. The summed E-state index contributed by atoms with van der Waals surface area (Å²) in [4.78, 5) is 11.6. The molecule has 4 nitrogen and oxygen atoms in total. The minimum Gasteiger partial charge on any atom is -0.495 e. The second-order valence-electron chi connectivity index (χ2n) is 5.53. The molecule has 1 N–H and O–H groups in total. The van der Waals surface area contributed by atoms with Crippen LogP contribution in [0.1, 0.15) is 17.5 Å². The van der Waals surface area contributed by atoms with Gasteiger partial charge in [0.15, 0.2) is 6.61 Å². The van der Waals surface area contributed by atoms with Crippen LogP contribution < -0.4 is 9.47 Å². The van der Waals surface area contributed by atoms with Gasteiger partial charge in [-0.3, -0.25) is 0 Å². The van der Waals surface area contributed by atoms with Gasteiger partial charge in [-0.05, 0) is 54.8 Å². The number of ether oxygens (including phenoxy) is 2. The van der Waals surface area contributed by atoms with Crippen molar-refractivity contribution in [2.45, 2.75) is 24.7 Å². The van der Waals surface area contributed by atoms with Crippen molar-refractivity contribution < 1.29 is 23.8 Å². The topological polar surface area (TPSA) is 55.8 Å². The van der Waals surface area contributed by atoms with Crippen molar-refractivity contribution in [2.24, 2.45) is 0 Å². The van der Waals surface area contributed by atoms with Crippen LogP contribution in [0.25, 0.3) is 0 Å². The molecule has 2 aromatic rings. The van der Waals surface area contributed by atoms with Gasteiger partial charge in [0.25, 0.3) is 0 Å². The first kappa shape index (κ1) is 19.1. The molecule has 2 aromatic carbocycles. The molecule has 134 valence electrons. The highest BCUT2D eigenvalue weighted by Gasteiger charge is 2.11. The summed E-state index contributed by atoms with van der Waals surface area (Å²) in [5.74, 6) is 0.830. The van der Waals surface area contributed by atoms with E-state index in [1.54, 1.807) is 37.1 Å². The maximum absolute atomic E-state index is 12.9. The van der Waals surface area contributed by atoms with Crippen molar-refractivity contribution in [3.8, 4) is 11.5 Å². The predicted octanol–water partition coefficient (Wildman–Crippen LogP) is 4.33. The van der Waals surface area contributed by atoms with Crippen molar-refractivity contribution in [2.75, 3.05) is 19.5 Å². The van der Waals surface area contributed by atoms with Crippen molar-refractivity contribution in [1.29, 1.82) is 0 Å². The fourth-order valence-corrected chi connectivity index (χ4v) is 3.37. The Labute approximate surface area is 151 Å². The van der Waals surface area contributed by atoms with Crippen LogP contribution in [-0.2, 0) is 11.2 Å². The Hall–Kier alpha value is -2.21. The molecule has 0 aromatic heterocycles. The number of benzene rings is 2. The van der Waals surface area contributed by atoms with Gasteiger partial charge in [-0.1, -0.05) is 12.1 Å². The van der Waals surface area contributed by atoms with Crippen LogP contribution in [0.3, 0.4) is 0 Å². The van der Waals surface area contributed by atoms with Crippen LogP contribution in [0.15, 0.2) is 41.3 Å². The number of aliphatic carboxylic acids is 1. The lowest BCUT2D eigenvalue weighted by atomic mass is 10.1. The maximum Gasteiger partial charge on any atom is 0.341 e. The van der Waals surface area contributed by atoms with Gasteiger partial charge in [-0.15, -0.1) is 11.8 Å². The standard InChI is InChI=1S/C19H21FO4S/c1-13-10-18(17(23-2)11-16(13)24-12-19(21)22)25-9-3-4-14-5-7-15(20)8-6-14/h5-8,10-11H,3-4,9,12H2,1-2H3,(H,21,22). The largest absolute Gasteiger partial charge is 0.495 e. The monoisotopic (exact) mass is 364 g/mol. The molecule has 0 heterocycles. The first-order valence-corrected chi connectivity index (χ1v) is 8.88. The first-order chi connectivity index (χ1) is 12.0. The summed E-state index contributed by atoms with van der Waals surface area (Å²) in [5, 5.41) is 8.72. The number of thioether (sulfide) groups is 1. The highest BCUT2D eigenvalue weighted by molar-refractivity contribution is 7.99. The van der Waals surface area contributed by atoms with Gasteiger partial charge in [0, 0.05) is 11.0 Å². The average molecular weight is 364 g/mol. The fraction of sp³-hybridized carbons (Fsp3) is 0.316. The second kappa shape index (κ2) is 9.32. The summed E-state index contributed by atoms with van der Waals surface area (Å²) in [5.41, 5.74) is 1.98. The van der Waals surface area contributed by atoms with E-state index >= 15 is 0 Å². The number of methoxy groups -OCH3 is 1. The molecule has 0 amide bonds. The molecule has 25 heavy (non-hydrogen) atoms. The molecule has 2 rings (SSSR count). The van der Waals surface area contributed by atoms with Gasteiger partial charge in [0.05, 0.1) is 7.11 Å². The Morgan fingerprint density at radius 1 is 1.20 bits per heavy atom. The van der Waals surface area contributed by atoms with E-state index in [1.165, 1.54) is 12.1 Å². The Morgan fingerprint density at radius 3 is 2.56 bits per heavy atom. The molecule has 0 bridgehead atoms. The summed E-state index contributed by atoms with van der Waals surface area (Å²) in [6.07, 6.45) is 1.84. The molecule has 0 fully saturated rings. The summed E-state index contributed by atoms with van der Waals surface area (Å²) in [7, 11) is 1.58. The van der Waals surface area contributed by atoms with Gasteiger partial charge < -0.3 is 14.6 Å². The SMILES string of the molecule is COc1cc(OCC(=O)O)c(C)cc1SCCCc1ccc(F)cc1. The van der Waals surface area contributed by atoms with Gasteiger partial charge in [-0.2, -0.15) is 0 Å². The van der Waals surface area contributed by atoms with Crippen LogP contribution in [-0.4, -0.2) is 30.5 Å².